The van der Waals surface area contributed by atoms with E-state index < -0.39 is 0 Å². The Morgan fingerprint density at radius 1 is 1.19 bits per heavy atom. The van der Waals surface area contributed by atoms with Gasteiger partial charge in [-0.1, -0.05) is 23.5 Å². The molecule has 138 valence electrons. The Morgan fingerprint density at radius 2 is 1.96 bits per heavy atom. The fourth-order valence-corrected chi connectivity index (χ4v) is 4.07. The zero-order valence-corrected chi connectivity index (χ0v) is 16.8. The third-order valence-corrected chi connectivity index (χ3v) is 5.44. The van der Waals surface area contributed by atoms with Crippen LogP contribution in [0.4, 0.5) is 5.13 Å². The van der Waals surface area contributed by atoms with Gasteiger partial charge >= 0.3 is 0 Å². The van der Waals surface area contributed by atoms with Crippen LogP contribution in [0, 0.1) is 13.8 Å². The number of aromatic nitrogens is 3. The molecule has 0 fully saturated rings. The Bertz CT molecular complexity index is 908. The summed E-state index contributed by atoms with van der Waals surface area (Å²) in [5.41, 5.74) is 3.60. The molecular formula is C19H25N5OS. The molecule has 0 saturated heterocycles. The van der Waals surface area contributed by atoms with E-state index in [1.54, 1.807) is 34.2 Å². The Hall–Kier alpha value is -2.25. The lowest BCUT2D eigenvalue weighted by atomic mass is 10.2. The molecule has 7 heteroatoms. The first-order chi connectivity index (χ1) is 12.4. The summed E-state index contributed by atoms with van der Waals surface area (Å²) in [7, 11) is 5.89. The van der Waals surface area contributed by atoms with E-state index in [2.05, 4.69) is 29.1 Å². The van der Waals surface area contributed by atoms with Crippen molar-refractivity contribution in [1.29, 1.82) is 0 Å². The Labute approximate surface area is 158 Å². The van der Waals surface area contributed by atoms with E-state index in [1.165, 1.54) is 0 Å². The first-order valence-corrected chi connectivity index (χ1v) is 9.51. The number of rotatable bonds is 6. The number of fused-ring (bicyclic) bond motifs is 1. The topological polar surface area (TPSA) is 54.3 Å². The number of anilines is 1. The zero-order chi connectivity index (χ0) is 18.8. The molecule has 1 aromatic carbocycles. The van der Waals surface area contributed by atoms with Crippen LogP contribution in [-0.4, -0.2) is 52.8 Å². The molecule has 3 aromatic rings. The molecule has 0 unspecified atom stereocenters. The minimum Gasteiger partial charge on any atom is -0.309 e. The second-order valence-electron chi connectivity index (χ2n) is 6.83. The van der Waals surface area contributed by atoms with Gasteiger partial charge in [0.05, 0.1) is 16.4 Å². The van der Waals surface area contributed by atoms with Gasteiger partial charge in [0.1, 0.15) is 5.69 Å². The molecular weight excluding hydrogens is 346 g/mol. The highest BCUT2D eigenvalue weighted by atomic mass is 32.1. The van der Waals surface area contributed by atoms with E-state index in [0.29, 0.717) is 12.2 Å². The highest BCUT2D eigenvalue weighted by Crippen LogP contribution is 2.31. The van der Waals surface area contributed by atoms with Gasteiger partial charge in [-0.3, -0.25) is 14.4 Å². The maximum Gasteiger partial charge on any atom is 0.278 e. The predicted octanol–water partition coefficient (Wildman–Crippen LogP) is 3.25. The minimum absolute atomic E-state index is 0.0436. The molecule has 0 radical (unpaired) electrons. The maximum atomic E-state index is 13.3. The van der Waals surface area contributed by atoms with Crippen LogP contribution < -0.4 is 4.90 Å². The lowest BCUT2D eigenvalue weighted by Crippen LogP contribution is -2.35. The predicted molar refractivity (Wildman–Crippen MR) is 107 cm³/mol. The fourth-order valence-electron chi connectivity index (χ4n) is 3.00. The summed E-state index contributed by atoms with van der Waals surface area (Å²) in [4.78, 5) is 22.0. The first-order valence-electron chi connectivity index (χ1n) is 8.70. The maximum absolute atomic E-state index is 13.3. The van der Waals surface area contributed by atoms with Crippen molar-refractivity contribution in [1.82, 2.24) is 19.7 Å². The molecule has 0 N–H and O–H groups in total. The van der Waals surface area contributed by atoms with Crippen LogP contribution in [0.15, 0.2) is 24.4 Å². The minimum atomic E-state index is -0.0436. The number of nitrogens with zero attached hydrogens (tertiary/aromatic N) is 5. The van der Waals surface area contributed by atoms with Crippen LogP contribution in [0.25, 0.3) is 10.2 Å². The highest BCUT2D eigenvalue weighted by molar-refractivity contribution is 7.22. The van der Waals surface area contributed by atoms with Crippen LogP contribution >= 0.6 is 11.3 Å². The van der Waals surface area contributed by atoms with Crippen molar-refractivity contribution >= 4 is 32.6 Å². The number of carbonyl (C=O) groups excluding carboxylic acids is 1. The number of aryl methyl sites for hydroxylation is 3. The molecule has 6 nitrogen and oxygen atoms in total. The van der Waals surface area contributed by atoms with Crippen LogP contribution in [0.2, 0.25) is 0 Å². The van der Waals surface area contributed by atoms with Crippen LogP contribution in [0.3, 0.4) is 0 Å². The van der Waals surface area contributed by atoms with E-state index in [1.807, 2.05) is 27.1 Å². The normalized spacial score (nSPS) is 11.5. The lowest BCUT2D eigenvalue weighted by molar-refractivity contribution is 0.0976. The van der Waals surface area contributed by atoms with Crippen molar-refractivity contribution in [2.24, 2.45) is 7.05 Å². The molecule has 0 aliphatic carbocycles. The van der Waals surface area contributed by atoms with Gasteiger partial charge in [0.25, 0.3) is 5.91 Å². The Morgan fingerprint density at radius 3 is 2.58 bits per heavy atom. The number of thiazole rings is 1. The van der Waals surface area contributed by atoms with Gasteiger partial charge in [-0.15, -0.1) is 0 Å². The third-order valence-electron chi connectivity index (χ3n) is 4.40. The fraction of sp³-hybridized carbons (Fsp3) is 0.421. The molecule has 2 heterocycles. The molecule has 0 atom stereocenters. The quantitative estimate of drug-likeness (QED) is 0.667. The summed E-state index contributed by atoms with van der Waals surface area (Å²) in [6.07, 6.45) is 2.61. The highest BCUT2D eigenvalue weighted by Gasteiger charge is 2.25. The van der Waals surface area contributed by atoms with Gasteiger partial charge in [-0.05, 0) is 58.1 Å². The molecule has 0 saturated carbocycles. The molecule has 1 amide bonds. The second kappa shape index (κ2) is 7.55. The molecule has 0 aliphatic heterocycles. The average Bonchev–Trinajstić information content (AvgIpc) is 3.15. The lowest BCUT2D eigenvalue weighted by Gasteiger charge is -2.21. The Balaban J connectivity index is 1.99. The van der Waals surface area contributed by atoms with Crippen molar-refractivity contribution in [2.45, 2.75) is 20.3 Å². The van der Waals surface area contributed by atoms with Crippen LogP contribution in [0.1, 0.15) is 28.0 Å². The summed E-state index contributed by atoms with van der Waals surface area (Å²) in [6.45, 7) is 5.51. The van der Waals surface area contributed by atoms with Crippen molar-refractivity contribution < 1.29 is 4.79 Å². The molecule has 0 bridgehead atoms. The average molecular weight is 372 g/mol. The van der Waals surface area contributed by atoms with Crippen LogP contribution in [-0.2, 0) is 7.05 Å². The summed E-state index contributed by atoms with van der Waals surface area (Å²) < 4.78 is 2.75. The third kappa shape index (κ3) is 3.64. The standard InChI is InChI=1S/C19H25N5OS/c1-13-8-6-9-15-16(13)21-19(26-15)24(11-7-10-22(3)4)18(25)17-14(2)12-20-23(17)5/h6,8-9,12H,7,10-11H2,1-5H3. The van der Waals surface area contributed by atoms with E-state index in [0.717, 1.165) is 39.4 Å². The van der Waals surface area contributed by atoms with Gasteiger partial charge in [-0.2, -0.15) is 5.10 Å². The summed E-state index contributed by atoms with van der Waals surface area (Å²) >= 11 is 1.57. The van der Waals surface area contributed by atoms with Crippen molar-refractivity contribution in [3.63, 3.8) is 0 Å². The van der Waals surface area contributed by atoms with E-state index in [9.17, 15) is 4.79 Å². The van der Waals surface area contributed by atoms with Crippen LogP contribution in [0.5, 0.6) is 0 Å². The first kappa shape index (κ1) is 18.5. The summed E-state index contributed by atoms with van der Waals surface area (Å²) in [6, 6.07) is 6.14. The summed E-state index contributed by atoms with van der Waals surface area (Å²) in [5, 5.41) is 4.97. The monoisotopic (exact) mass is 371 g/mol. The number of hydrogen-bond donors (Lipinski definition) is 0. The Kier molecular flexibility index (Phi) is 5.38. The largest absolute Gasteiger partial charge is 0.309 e. The van der Waals surface area contributed by atoms with Crippen molar-refractivity contribution in [3.8, 4) is 0 Å². The molecule has 2 aromatic heterocycles. The van der Waals surface area contributed by atoms with Gasteiger partial charge in [0.2, 0.25) is 0 Å². The second-order valence-corrected chi connectivity index (χ2v) is 7.84. The summed E-state index contributed by atoms with van der Waals surface area (Å²) in [5.74, 6) is -0.0436. The van der Waals surface area contributed by atoms with E-state index >= 15 is 0 Å². The zero-order valence-electron chi connectivity index (χ0n) is 16.0. The van der Waals surface area contributed by atoms with Gasteiger partial charge in [-0.25, -0.2) is 4.98 Å². The number of benzene rings is 1. The van der Waals surface area contributed by atoms with Crippen molar-refractivity contribution in [2.75, 3.05) is 32.1 Å². The number of para-hydroxylation sites is 1. The number of amides is 1. The van der Waals surface area contributed by atoms with Crippen molar-refractivity contribution in [3.05, 3.63) is 41.2 Å². The SMILES string of the molecule is Cc1cnn(C)c1C(=O)N(CCCN(C)C)c1nc2c(C)cccc2s1. The number of hydrogen-bond acceptors (Lipinski definition) is 5. The molecule has 0 spiro atoms. The molecule has 0 aliphatic rings. The van der Waals surface area contributed by atoms with E-state index in [4.69, 9.17) is 4.98 Å². The van der Waals surface area contributed by atoms with Gasteiger partial charge in [0, 0.05) is 13.6 Å². The van der Waals surface area contributed by atoms with E-state index in [-0.39, 0.29) is 5.91 Å². The van der Waals surface area contributed by atoms with Gasteiger partial charge in [0.15, 0.2) is 5.13 Å². The van der Waals surface area contributed by atoms with Gasteiger partial charge < -0.3 is 4.90 Å². The number of carbonyl (C=O) groups is 1. The smallest absolute Gasteiger partial charge is 0.278 e. The molecule has 26 heavy (non-hydrogen) atoms. The molecule has 3 rings (SSSR count).